The van der Waals surface area contributed by atoms with Crippen LogP contribution in [-0.4, -0.2) is 11.8 Å². The first-order valence-electron chi connectivity index (χ1n) is 6.01. The molecule has 0 saturated carbocycles. The third kappa shape index (κ3) is 10.7. The number of amides is 2. The Morgan fingerprint density at radius 1 is 0.833 bits per heavy atom. The summed E-state index contributed by atoms with van der Waals surface area (Å²) in [5.41, 5.74) is 12.4. The number of nitrogens with two attached hydrogens (primary N) is 2. The third-order valence-electron chi connectivity index (χ3n) is 2.31. The monoisotopic (exact) mass is 250 g/mol. The SMILES string of the molecule is Cc1ccc(C)cc1.NC(=O)CCCCC(N)=O. The topological polar surface area (TPSA) is 86.2 Å². The number of primary amides is 2. The molecule has 0 aliphatic carbocycles. The molecule has 0 unspecified atom stereocenters. The van der Waals surface area contributed by atoms with Crippen LogP contribution in [0.3, 0.4) is 0 Å². The van der Waals surface area contributed by atoms with Crippen LogP contribution in [-0.2, 0) is 9.59 Å². The predicted octanol–water partition coefficient (Wildman–Crippen LogP) is 1.82. The lowest BCUT2D eigenvalue weighted by Gasteiger charge is -1.93. The smallest absolute Gasteiger partial charge is 0.217 e. The normalized spacial score (nSPS) is 9.22. The summed E-state index contributed by atoms with van der Waals surface area (Å²) < 4.78 is 0. The van der Waals surface area contributed by atoms with Crippen LogP contribution < -0.4 is 11.5 Å². The van der Waals surface area contributed by atoms with Crippen LogP contribution in [0.25, 0.3) is 0 Å². The zero-order chi connectivity index (χ0) is 14.0. The molecule has 4 nitrogen and oxygen atoms in total. The molecule has 4 N–H and O–H groups in total. The highest BCUT2D eigenvalue weighted by Gasteiger charge is 1.96. The molecule has 0 aliphatic heterocycles. The van der Waals surface area contributed by atoms with Crippen LogP contribution in [0.2, 0.25) is 0 Å². The largest absolute Gasteiger partial charge is 0.370 e. The molecule has 1 rings (SSSR count). The summed E-state index contributed by atoms with van der Waals surface area (Å²) in [6.45, 7) is 4.19. The molecule has 0 fully saturated rings. The Bertz CT molecular complexity index is 335. The van der Waals surface area contributed by atoms with Crippen LogP contribution in [0.4, 0.5) is 0 Å². The number of carbonyl (C=O) groups excluding carboxylic acids is 2. The van der Waals surface area contributed by atoms with E-state index in [-0.39, 0.29) is 11.8 Å². The second-order valence-electron chi connectivity index (χ2n) is 4.29. The van der Waals surface area contributed by atoms with Crippen molar-refractivity contribution in [3.8, 4) is 0 Å². The van der Waals surface area contributed by atoms with Crippen LogP contribution in [0.1, 0.15) is 36.8 Å². The Morgan fingerprint density at radius 2 is 1.11 bits per heavy atom. The highest BCUT2D eigenvalue weighted by Crippen LogP contribution is 1.99. The van der Waals surface area contributed by atoms with Crippen LogP contribution in [0.15, 0.2) is 24.3 Å². The summed E-state index contributed by atoms with van der Waals surface area (Å²) in [5, 5.41) is 0. The minimum atomic E-state index is -0.329. The predicted molar refractivity (Wildman–Crippen MR) is 72.8 cm³/mol. The number of unbranched alkanes of at least 4 members (excludes halogenated alkanes) is 1. The van der Waals surface area contributed by atoms with Crippen molar-refractivity contribution in [2.45, 2.75) is 39.5 Å². The van der Waals surface area contributed by atoms with Crippen molar-refractivity contribution in [3.05, 3.63) is 35.4 Å². The molecule has 100 valence electrons. The van der Waals surface area contributed by atoms with Gasteiger partial charge in [0.25, 0.3) is 0 Å². The molecule has 0 bridgehead atoms. The van der Waals surface area contributed by atoms with Gasteiger partial charge in [0, 0.05) is 12.8 Å². The van der Waals surface area contributed by atoms with Crippen LogP contribution >= 0.6 is 0 Å². The Kier molecular flexibility index (Phi) is 8.27. The van der Waals surface area contributed by atoms with E-state index in [0.29, 0.717) is 25.7 Å². The summed E-state index contributed by atoms with van der Waals surface area (Å²) in [4.78, 5) is 20.3. The number of hydrogen-bond acceptors (Lipinski definition) is 2. The Hall–Kier alpha value is -1.84. The molecule has 4 heteroatoms. The highest BCUT2D eigenvalue weighted by molar-refractivity contribution is 5.74. The fraction of sp³-hybridized carbons (Fsp3) is 0.429. The highest BCUT2D eigenvalue weighted by atomic mass is 16.1. The molecular weight excluding hydrogens is 228 g/mol. The maximum Gasteiger partial charge on any atom is 0.217 e. The molecule has 0 radical (unpaired) electrons. The average Bonchev–Trinajstić information content (AvgIpc) is 2.29. The number of hydrogen-bond donors (Lipinski definition) is 2. The van der Waals surface area contributed by atoms with Crippen molar-refractivity contribution in [2.24, 2.45) is 11.5 Å². The zero-order valence-electron chi connectivity index (χ0n) is 11.1. The first-order valence-corrected chi connectivity index (χ1v) is 6.01. The molecule has 0 aromatic heterocycles. The lowest BCUT2D eigenvalue weighted by atomic mass is 10.2. The summed E-state index contributed by atoms with van der Waals surface area (Å²) in [7, 11) is 0. The quantitative estimate of drug-likeness (QED) is 0.781. The van der Waals surface area contributed by atoms with Gasteiger partial charge < -0.3 is 11.5 Å². The zero-order valence-corrected chi connectivity index (χ0v) is 11.1. The Labute approximate surface area is 108 Å². The van der Waals surface area contributed by atoms with Gasteiger partial charge in [-0.15, -0.1) is 0 Å². The number of carbonyl (C=O) groups is 2. The average molecular weight is 250 g/mol. The van der Waals surface area contributed by atoms with Gasteiger partial charge in [-0.3, -0.25) is 9.59 Å². The van der Waals surface area contributed by atoms with Crippen molar-refractivity contribution in [2.75, 3.05) is 0 Å². The minimum absolute atomic E-state index is 0.329. The molecule has 0 atom stereocenters. The molecular formula is C14H22N2O2. The van der Waals surface area contributed by atoms with E-state index in [4.69, 9.17) is 11.5 Å². The summed E-state index contributed by atoms with van der Waals surface area (Å²) >= 11 is 0. The number of aryl methyl sites for hydroxylation is 2. The second-order valence-corrected chi connectivity index (χ2v) is 4.29. The Balaban J connectivity index is 0.000000327. The maximum atomic E-state index is 10.2. The van der Waals surface area contributed by atoms with E-state index in [1.165, 1.54) is 11.1 Å². The van der Waals surface area contributed by atoms with Gasteiger partial charge in [0.05, 0.1) is 0 Å². The standard InChI is InChI=1S/C8H10.C6H12N2O2/c1-7-3-5-8(2)6-4-7;7-5(9)3-1-2-4-6(8)10/h3-6H,1-2H3;1-4H2,(H2,7,9)(H2,8,10). The van der Waals surface area contributed by atoms with Gasteiger partial charge in [-0.25, -0.2) is 0 Å². The Morgan fingerprint density at radius 3 is 1.33 bits per heavy atom. The van der Waals surface area contributed by atoms with E-state index in [2.05, 4.69) is 38.1 Å². The van der Waals surface area contributed by atoms with Gasteiger partial charge in [-0.05, 0) is 26.7 Å². The molecule has 1 aromatic carbocycles. The minimum Gasteiger partial charge on any atom is -0.370 e. The van der Waals surface area contributed by atoms with Crippen molar-refractivity contribution in [1.82, 2.24) is 0 Å². The van der Waals surface area contributed by atoms with Crippen molar-refractivity contribution < 1.29 is 9.59 Å². The maximum absolute atomic E-state index is 10.2. The molecule has 0 heterocycles. The fourth-order valence-electron chi connectivity index (χ4n) is 1.24. The number of benzene rings is 1. The lowest BCUT2D eigenvalue weighted by Crippen LogP contribution is -2.12. The van der Waals surface area contributed by atoms with Gasteiger partial charge in [0.15, 0.2) is 0 Å². The first-order chi connectivity index (χ1) is 8.41. The molecule has 0 spiro atoms. The summed E-state index contributed by atoms with van der Waals surface area (Å²) in [6.07, 6.45) is 1.98. The lowest BCUT2D eigenvalue weighted by molar-refractivity contribution is -0.119. The van der Waals surface area contributed by atoms with Gasteiger partial charge in [-0.2, -0.15) is 0 Å². The van der Waals surface area contributed by atoms with Gasteiger partial charge in [-0.1, -0.05) is 35.4 Å². The van der Waals surface area contributed by atoms with E-state index < -0.39 is 0 Å². The first kappa shape index (κ1) is 16.2. The number of rotatable bonds is 5. The van der Waals surface area contributed by atoms with E-state index in [0.717, 1.165) is 0 Å². The molecule has 0 aliphatic rings. The molecule has 1 aromatic rings. The summed E-state index contributed by atoms with van der Waals surface area (Å²) in [6, 6.07) is 8.48. The third-order valence-corrected chi connectivity index (χ3v) is 2.31. The van der Waals surface area contributed by atoms with E-state index in [1.807, 2.05) is 0 Å². The molecule has 18 heavy (non-hydrogen) atoms. The van der Waals surface area contributed by atoms with Crippen LogP contribution in [0, 0.1) is 13.8 Å². The van der Waals surface area contributed by atoms with Crippen LogP contribution in [0.5, 0.6) is 0 Å². The summed E-state index contributed by atoms with van der Waals surface area (Å²) in [5.74, 6) is -0.658. The van der Waals surface area contributed by atoms with Crippen molar-refractivity contribution in [3.63, 3.8) is 0 Å². The molecule has 2 amide bonds. The van der Waals surface area contributed by atoms with Gasteiger partial charge >= 0.3 is 0 Å². The van der Waals surface area contributed by atoms with E-state index in [9.17, 15) is 9.59 Å². The van der Waals surface area contributed by atoms with Crippen molar-refractivity contribution in [1.29, 1.82) is 0 Å². The van der Waals surface area contributed by atoms with E-state index >= 15 is 0 Å². The molecule has 0 saturated heterocycles. The fourth-order valence-corrected chi connectivity index (χ4v) is 1.24. The van der Waals surface area contributed by atoms with E-state index in [1.54, 1.807) is 0 Å². The van der Waals surface area contributed by atoms with Gasteiger partial charge in [0.2, 0.25) is 11.8 Å². The van der Waals surface area contributed by atoms with Gasteiger partial charge in [0.1, 0.15) is 0 Å². The van der Waals surface area contributed by atoms with Crippen molar-refractivity contribution >= 4 is 11.8 Å². The second kappa shape index (κ2) is 9.22.